The SMILES string of the molecule is CC1=C(N2CC2)C(=O)C2=C(C1=O)C1CCC(O)C1N2. The van der Waals surface area contributed by atoms with Crippen LogP contribution in [0.1, 0.15) is 19.8 Å². The van der Waals surface area contributed by atoms with E-state index in [4.69, 9.17) is 0 Å². The van der Waals surface area contributed by atoms with Crippen LogP contribution in [0.25, 0.3) is 0 Å². The Morgan fingerprint density at radius 2 is 1.95 bits per heavy atom. The fourth-order valence-electron chi connectivity index (χ4n) is 3.65. The van der Waals surface area contributed by atoms with E-state index in [0.717, 1.165) is 19.5 Å². The van der Waals surface area contributed by atoms with E-state index in [0.29, 0.717) is 29.0 Å². The average molecular weight is 260 g/mol. The van der Waals surface area contributed by atoms with Crippen molar-refractivity contribution < 1.29 is 14.7 Å². The van der Waals surface area contributed by atoms with Crippen LogP contribution in [0.5, 0.6) is 0 Å². The lowest BCUT2D eigenvalue weighted by atomic mass is 9.85. The molecule has 3 atom stereocenters. The topological polar surface area (TPSA) is 69.4 Å². The van der Waals surface area contributed by atoms with Crippen LogP contribution < -0.4 is 5.32 Å². The molecule has 4 rings (SSSR count). The zero-order valence-corrected chi connectivity index (χ0v) is 10.8. The summed E-state index contributed by atoms with van der Waals surface area (Å²) in [4.78, 5) is 27.0. The number of rotatable bonds is 1. The van der Waals surface area contributed by atoms with Crippen LogP contribution in [-0.2, 0) is 9.59 Å². The molecule has 5 heteroatoms. The second kappa shape index (κ2) is 3.48. The maximum Gasteiger partial charge on any atom is 0.225 e. The molecule has 19 heavy (non-hydrogen) atoms. The third-order valence-electron chi connectivity index (χ3n) is 4.72. The molecule has 0 aromatic carbocycles. The van der Waals surface area contributed by atoms with Crippen molar-refractivity contribution in [2.75, 3.05) is 13.1 Å². The van der Waals surface area contributed by atoms with Crippen molar-refractivity contribution in [2.45, 2.75) is 31.9 Å². The molecular weight excluding hydrogens is 244 g/mol. The molecule has 0 aromatic rings. The maximum absolute atomic E-state index is 12.5. The maximum atomic E-state index is 12.5. The number of aliphatic hydroxyl groups excluding tert-OH is 1. The molecule has 2 fully saturated rings. The first-order chi connectivity index (χ1) is 9.09. The van der Waals surface area contributed by atoms with Crippen molar-refractivity contribution >= 4 is 11.6 Å². The van der Waals surface area contributed by atoms with E-state index in [1.54, 1.807) is 6.92 Å². The molecule has 0 bridgehead atoms. The normalized spacial score (nSPS) is 36.7. The van der Waals surface area contributed by atoms with E-state index in [2.05, 4.69) is 5.32 Å². The Balaban J connectivity index is 1.78. The van der Waals surface area contributed by atoms with E-state index in [1.165, 1.54) is 0 Å². The molecular formula is C14H16N2O3. The lowest BCUT2D eigenvalue weighted by Gasteiger charge is -2.20. The molecule has 1 saturated heterocycles. The van der Waals surface area contributed by atoms with Crippen LogP contribution in [-0.4, -0.2) is 46.8 Å². The van der Waals surface area contributed by atoms with Gasteiger partial charge in [0.2, 0.25) is 5.78 Å². The van der Waals surface area contributed by atoms with Crippen molar-refractivity contribution in [1.29, 1.82) is 0 Å². The van der Waals surface area contributed by atoms with Crippen LogP contribution in [0.3, 0.4) is 0 Å². The Kier molecular flexibility index (Phi) is 2.05. The molecule has 2 N–H and O–H groups in total. The molecule has 0 radical (unpaired) electrons. The second-order valence-electron chi connectivity index (χ2n) is 5.83. The number of carbonyl (C=O) groups excluding carboxylic acids is 2. The van der Waals surface area contributed by atoms with Gasteiger partial charge in [-0.05, 0) is 19.8 Å². The van der Waals surface area contributed by atoms with Crippen LogP contribution in [0.2, 0.25) is 0 Å². The first kappa shape index (κ1) is 11.2. The molecule has 4 aliphatic rings. The number of Topliss-reactive ketones (excluding diaryl/α,β-unsaturated/α-hetero) is 2. The number of hydrogen-bond donors (Lipinski definition) is 2. The molecule has 0 spiro atoms. The fourth-order valence-corrected chi connectivity index (χ4v) is 3.65. The zero-order valence-electron chi connectivity index (χ0n) is 10.8. The van der Waals surface area contributed by atoms with Gasteiger partial charge in [0.1, 0.15) is 0 Å². The Morgan fingerprint density at radius 1 is 1.21 bits per heavy atom. The average Bonchev–Trinajstić information content (AvgIpc) is 3.03. The number of carbonyl (C=O) groups is 2. The fraction of sp³-hybridized carbons (Fsp3) is 0.571. The summed E-state index contributed by atoms with van der Waals surface area (Å²) in [5.74, 6) is -0.0658. The van der Waals surface area contributed by atoms with Crippen LogP contribution in [0.4, 0.5) is 0 Å². The molecule has 3 unspecified atom stereocenters. The predicted octanol–water partition coefficient (Wildman–Crippen LogP) is -0.275. The highest BCUT2D eigenvalue weighted by Gasteiger charge is 2.51. The van der Waals surface area contributed by atoms with Gasteiger partial charge in [0.05, 0.1) is 23.5 Å². The van der Waals surface area contributed by atoms with E-state index in [-0.39, 0.29) is 23.5 Å². The predicted molar refractivity (Wildman–Crippen MR) is 67.0 cm³/mol. The van der Waals surface area contributed by atoms with Gasteiger partial charge in [0.15, 0.2) is 5.78 Å². The summed E-state index contributed by atoms with van der Waals surface area (Å²) in [7, 11) is 0. The van der Waals surface area contributed by atoms with E-state index < -0.39 is 6.10 Å². The molecule has 5 nitrogen and oxygen atoms in total. The van der Waals surface area contributed by atoms with Crippen molar-refractivity contribution in [1.82, 2.24) is 10.2 Å². The van der Waals surface area contributed by atoms with Crippen LogP contribution >= 0.6 is 0 Å². The molecule has 0 amide bonds. The number of nitrogens with zero attached hydrogens (tertiary/aromatic N) is 1. The molecule has 2 heterocycles. The highest BCUT2D eigenvalue weighted by molar-refractivity contribution is 6.25. The molecule has 0 aromatic heterocycles. The summed E-state index contributed by atoms with van der Waals surface area (Å²) in [6, 6.07) is -0.153. The monoisotopic (exact) mass is 260 g/mol. The first-order valence-electron chi connectivity index (χ1n) is 6.83. The van der Waals surface area contributed by atoms with Gasteiger partial charge in [-0.1, -0.05) is 0 Å². The van der Waals surface area contributed by atoms with Crippen molar-refractivity contribution in [2.24, 2.45) is 5.92 Å². The van der Waals surface area contributed by atoms with Gasteiger partial charge in [-0.15, -0.1) is 0 Å². The summed E-state index contributed by atoms with van der Waals surface area (Å²) in [5, 5.41) is 13.1. The smallest absolute Gasteiger partial charge is 0.225 e. The van der Waals surface area contributed by atoms with Gasteiger partial charge in [-0.2, -0.15) is 0 Å². The van der Waals surface area contributed by atoms with Crippen LogP contribution in [0.15, 0.2) is 22.5 Å². The summed E-state index contributed by atoms with van der Waals surface area (Å²) in [6.45, 7) is 3.45. The van der Waals surface area contributed by atoms with Crippen molar-refractivity contribution in [3.63, 3.8) is 0 Å². The zero-order chi connectivity index (χ0) is 13.3. The lowest BCUT2D eigenvalue weighted by molar-refractivity contribution is -0.117. The summed E-state index contributed by atoms with van der Waals surface area (Å²) < 4.78 is 0. The number of hydrogen-bond acceptors (Lipinski definition) is 5. The standard InChI is InChI=1S/C14H16N2O3/c1-6-12(16-4-5-16)14(19)11-9(13(6)18)7-2-3-8(17)10(7)15-11/h7-8,10,15,17H,2-5H2,1H3. The number of nitrogens with one attached hydrogen (secondary N) is 1. The Morgan fingerprint density at radius 3 is 2.63 bits per heavy atom. The minimum absolute atomic E-state index is 0.00662. The van der Waals surface area contributed by atoms with Crippen molar-refractivity contribution in [3.8, 4) is 0 Å². The number of aliphatic hydroxyl groups is 1. The molecule has 1 saturated carbocycles. The van der Waals surface area contributed by atoms with E-state index in [1.807, 2.05) is 4.90 Å². The third-order valence-corrected chi connectivity index (χ3v) is 4.72. The van der Waals surface area contributed by atoms with E-state index in [9.17, 15) is 14.7 Å². The minimum Gasteiger partial charge on any atom is -0.391 e. The highest BCUT2D eigenvalue weighted by atomic mass is 16.3. The summed E-state index contributed by atoms with van der Waals surface area (Å²) >= 11 is 0. The quantitative estimate of drug-likeness (QED) is 0.501. The van der Waals surface area contributed by atoms with Gasteiger partial charge < -0.3 is 15.3 Å². The summed E-state index contributed by atoms with van der Waals surface area (Å²) in [6.07, 6.45) is 1.02. The first-order valence-corrected chi connectivity index (χ1v) is 6.83. The van der Waals surface area contributed by atoms with Gasteiger partial charge in [-0.3, -0.25) is 9.59 Å². The molecule has 2 aliphatic carbocycles. The minimum atomic E-state index is -0.457. The second-order valence-corrected chi connectivity index (χ2v) is 5.83. The van der Waals surface area contributed by atoms with Gasteiger partial charge >= 0.3 is 0 Å². The summed E-state index contributed by atoms with van der Waals surface area (Å²) in [5.41, 5.74) is 2.21. The van der Waals surface area contributed by atoms with Crippen LogP contribution in [0, 0.1) is 5.92 Å². The molecule has 2 aliphatic heterocycles. The highest BCUT2D eigenvalue weighted by Crippen LogP contribution is 2.43. The molecule has 100 valence electrons. The van der Waals surface area contributed by atoms with E-state index >= 15 is 0 Å². The van der Waals surface area contributed by atoms with Gasteiger partial charge in [0.25, 0.3) is 0 Å². The Labute approximate surface area is 111 Å². The Bertz CT molecular complexity index is 571. The van der Waals surface area contributed by atoms with Crippen molar-refractivity contribution in [3.05, 3.63) is 22.5 Å². The Hall–Kier alpha value is -1.62. The van der Waals surface area contributed by atoms with Gasteiger partial charge in [-0.25, -0.2) is 0 Å². The number of fused-ring (bicyclic) bond motifs is 2. The third kappa shape index (κ3) is 1.33. The largest absolute Gasteiger partial charge is 0.391 e. The van der Waals surface area contributed by atoms with Gasteiger partial charge in [0, 0.05) is 30.2 Å². The number of allylic oxidation sites excluding steroid dienone is 1. The lowest BCUT2D eigenvalue weighted by Crippen LogP contribution is -2.36. The number of ketones is 2.